The van der Waals surface area contributed by atoms with E-state index < -0.39 is 0 Å². The molecule has 32 heavy (non-hydrogen) atoms. The quantitative estimate of drug-likeness (QED) is 0.258. The normalized spacial score (nSPS) is 11.8. The van der Waals surface area contributed by atoms with Gasteiger partial charge < -0.3 is 4.57 Å². The molecule has 6 nitrogen and oxygen atoms in total. The van der Waals surface area contributed by atoms with Gasteiger partial charge in [0.05, 0.1) is 22.0 Å². The fraction of sp³-hybridized carbons (Fsp3) is 0.304. The topological polar surface area (TPSA) is 72.2 Å². The molecule has 1 heterocycles. The van der Waals surface area contributed by atoms with Crippen LogP contribution in [0, 0.1) is 0 Å². The number of hydrogen-bond acceptors (Lipinski definition) is 5. The molecule has 1 aromatic heterocycles. The van der Waals surface area contributed by atoms with Gasteiger partial charge in [0.2, 0.25) is 0 Å². The Balaban J connectivity index is 1.63. The van der Waals surface area contributed by atoms with E-state index in [2.05, 4.69) is 65.8 Å². The SMILES string of the molecule is CCn1c(SCC(=O)N/N=C\c2cccc(Cl)c2Cl)nnc1-c1ccc(C(C)(C)C)cc1. The molecular formula is C23H25Cl2N5OS. The predicted octanol–water partition coefficient (Wildman–Crippen LogP) is 5.81. The van der Waals surface area contributed by atoms with Crippen molar-refractivity contribution < 1.29 is 4.79 Å². The molecule has 0 aliphatic carbocycles. The third-order valence-corrected chi connectivity index (χ3v) is 6.55. The summed E-state index contributed by atoms with van der Waals surface area (Å²) in [5.41, 5.74) is 5.46. The summed E-state index contributed by atoms with van der Waals surface area (Å²) in [6, 6.07) is 13.6. The van der Waals surface area contributed by atoms with Crippen molar-refractivity contribution in [2.45, 2.75) is 44.8 Å². The average molecular weight is 490 g/mol. The van der Waals surface area contributed by atoms with E-state index >= 15 is 0 Å². The zero-order valence-electron chi connectivity index (χ0n) is 18.4. The van der Waals surface area contributed by atoms with Crippen molar-refractivity contribution in [3.8, 4) is 11.4 Å². The number of hydrogen-bond donors (Lipinski definition) is 1. The van der Waals surface area contributed by atoms with Crippen LogP contribution in [0.5, 0.6) is 0 Å². The molecule has 0 aliphatic heterocycles. The number of amides is 1. The lowest BCUT2D eigenvalue weighted by Crippen LogP contribution is -2.20. The van der Waals surface area contributed by atoms with Crippen molar-refractivity contribution in [1.82, 2.24) is 20.2 Å². The second kappa shape index (κ2) is 10.5. The lowest BCUT2D eigenvalue weighted by molar-refractivity contribution is -0.118. The number of nitrogens with zero attached hydrogens (tertiary/aromatic N) is 4. The zero-order valence-corrected chi connectivity index (χ0v) is 20.7. The van der Waals surface area contributed by atoms with Crippen LogP contribution in [-0.4, -0.2) is 32.6 Å². The maximum atomic E-state index is 12.2. The van der Waals surface area contributed by atoms with Gasteiger partial charge >= 0.3 is 0 Å². The zero-order chi connectivity index (χ0) is 23.3. The molecule has 0 saturated heterocycles. The highest BCUT2D eigenvalue weighted by Gasteiger charge is 2.17. The maximum Gasteiger partial charge on any atom is 0.250 e. The van der Waals surface area contributed by atoms with Gasteiger partial charge in [-0.05, 0) is 24.0 Å². The first-order valence-electron chi connectivity index (χ1n) is 10.1. The van der Waals surface area contributed by atoms with E-state index in [1.54, 1.807) is 18.2 Å². The van der Waals surface area contributed by atoms with Gasteiger partial charge in [-0.3, -0.25) is 4.79 Å². The molecule has 0 spiro atoms. The highest BCUT2D eigenvalue weighted by Crippen LogP contribution is 2.28. The van der Waals surface area contributed by atoms with Gasteiger partial charge in [0.25, 0.3) is 5.91 Å². The number of carbonyl (C=O) groups excluding carboxylic acids is 1. The Hall–Kier alpha value is -2.35. The summed E-state index contributed by atoms with van der Waals surface area (Å²) < 4.78 is 2.00. The lowest BCUT2D eigenvalue weighted by Gasteiger charge is -2.19. The summed E-state index contributed by atoms with van der Waals surface area (Å²) in [6.45, 7) is 9.27. The van der Waals surface area contributed by atoms with Crippen molar-refractivity contribution in [2.75, 3.05) is 5.75 Å². The number of hydrazone groups is 1. The number of halogens is 2. The summed E-state index contributed by atoms with van der Waals surface area (Å²) in [7, 11) is 0. The molecule has 0 fully saturated rings. The van der Waals surface area contributed by atoms with Crippen LogP contribution in [0.25, 0.3) is 11.4 Å². The van der Waals surface area contributed by atoms with E-state index in [1.165, 1.54) is 23.5 Å². The Morgan fingerprint density at radius 2 is 1.88 bits per heavy atom. The Kier molecular flexibility index (Phi) is 7.98. The van der Waals surface area contributed by atoms with Crippen LogP contribution in [0.3, 0.4) is 0 Å². The molecule has 0 atom stereocenters. The van der Waals surface area contributed by atoms with E-state index in [-0.39, 0.29) is 17.1 Å². The van der Waals surface area contributed by atoms with Crippen LogP contribution in [0.4, 0.5) is 0 Å². The number of nitrogens with one attached hydrogen (secondary N) is 1. The van der Waals surface area contributed by atoms with Gasteiger partial charge in [0, 0.05) is 17.7 Å². The molecule has 0 aliphatic rings. The van der Waals surface area contributed by atoms with Crippen molar-refractivity contribution >= 4 is 47.1 Å². The van der Waals surface area contributed by atoms with Gasteiger partial charge in [-0.25, -0.2) is 5.43 Å². The molecule has 1 N–H and O–H groups in total. The van der Waals surface area contributed by atoms with Crippen LogP contribution in [-0.2, 0) is 16.8 Å². The fourth-order valence-electron chi connectivity index (χ4n) is 2.97. The second-order valence-electron chi connectivity index (χ2n) is 8.10. The minimum absolute atomic E-state index is 0.0892. The summed E-state index contributed by atoms with van der Waals surface area (Å²) in [5.74, 6) is 0.678. The summed E-state index contributed by atoms with van der Waals surface area (Å²) >= 11 is 13.4. The molecule has 168 valence electrons. The number of thioether (sulfide) groups is 1. The minimum atomic E-state index is -0.258. The van der Waals surface area contributed by atoms with Gasteiger partial charge in [-0.1, -0.05) is 92.1 Å². The second-order valence-corrected chi connectivity index (χ2v) is 9.83. The van der Waals surface area contributed by atoms with Crippen LogP contribution < -0.4 is 5.43 Å². The Morgan fingerprint density at radius 3 is 2.53 bits per heavy atom. The first kappa shape index (κ1) is 24.3. The lowest BCUT2D eigenvalue weighted by atomic mass is 9.87. The maximum absolute atomic E-state index is 12.2. The van der Waals surface area contributed by atoms with E-state index in [0.29, 0.717) is 27.3 Å². The van der Waals surface area contributed by atoms with Gasteiger partial charge in [0.15, 0.2) is 11.0 Å². The van der Waals surface area contributed by atoms with Crippen LogP contribution in [0.15, 0.2) is 52.7 Å². The number of carbonyl (C=O) groups is 1. The molecule has 1 amide bonds. The molecule has 0 bridgehead atoms. The van der Waals surface area contributed by atoms with Gasteiger partial charge in [-0.2, -0.15) is 5.10 Å². The van der Waals surface area contributed by atoms with Gasteiger partial charge in [-0.15, -0.1) is 10.2 Å². The molecular weight excluding hydrogens is 465 g/mol. The van der Waals surface area contributed by atoms with Crippen LogP contribution in [0.1, 0.15) is 38.8 Å². The minimum Gasteiger partial charge on any atom is -0.302 e. The van der Waals surface area contributed by atoms with E-state index in [0.717, 1.165) is 11.4 Å². The van der Waals surface area contributed by atoms with Crippen LogP contribution in [0.2, 0.25) is 10.0 Å². The van der Waals surface area contributed by atoms with Crippen molar-refractivity contribution in [1.29, 1.82) is 0 Å². The molecule has 0 unspecified atom stereocenters. The number of rotatable bonds is 7. The third kappa shape index (κ3) is 5.91. The summed E-state index contributed by atoms with van der Waals surface area (Å²) in [5, 5.41) is 14.1. The predicted molar refractivity (Wildman–Crippen MR) is 133 cm³/mol. The molecule has 9 heteroatoms. The van der Waals surface area contributed by atoms with Crippen LogP contribution >= 0.6 is 35.0 Å². The summed E-state index contributed by atoms with van der Waals surface area (Å²) in [6.07, 6.45) is 1.46. The monoisotopic (exact) mass is 489 g/mol. The highest BCUT2D eigenvalue weighted by atomic mass is 35.5. The Labute approximate surface area is 202 Å². The molecule has 3 rings (SSSR count). The van der Waals surface area contributed by atoms with E-state index in [4.69, 9.17) is 23.2 Å². The largest absolute Gasteiger partial charge is 0.302 e. The molecule has 0 radical (unpaired) electrons. The van der Waals surface area contributed by atoms with Crippen molar-refractivity contribution in [2.24, 2.45) is 5.10 Å². The molecule has 2 aromatic carbocycles. The molecule has 0 saturated carbocycles. The standard InChI is InChI=1S/C23H25Cl2N5OS/c1-5-30-21(15-9-11-17(12-10-15)23(2,3)4)28-29-22(30)32-14-19(31)27-26-13-16-7-6-8-18(24)20(16)25/h6-13H,5,14H2,1-4H3,(H,27,31)/b26-13-. The first-order chi connectivity index (χ1) is 15.2. The summed E-state index contributed by atoms with van der Waals surface area (Å²) in [4.78, 5) is 12.2. The van der Waals surface area contributed by atoms with Gasteiger partial charge in [0.1, 0.15) is 0 Å². The average Bonchev–Trinajstić information content (AvgIpc) is 3.17. The number of aromatic nitrogens is 3. The Bertz CT molecular complexity index is 1120. The molecule has 3 aromatic rings. The van der Waals surface area contributed by atoms with E-state index in [1.807, 2.05) is 11.5 Å². The first-order valence-corrected chi connectivity index (χ1v) is 11.9. The number of benzene rings is 2. The Morgan fingerprint density at radius 1 is 1.16 bits per heavy atom. The van der Waals surface area contributed by atoms with Crippen molar-refractivity contribution in [3.05, 3.63) is 63.6 Å². The highest BCUT2D eigenvalue weighted by molar-refractivity contribution is 7.99. The van der Waals surface area contributed by atoms with Crippen molar-refractivity contribution in [3.63, 3.8) is 0 Å². The fourth-order valence-corrected chi connectivity index (χ4v) is 4.12. The van der Waals surface area contributed by atoms with E-state index in [9.17, 15) is 4.79 Å². The smallest absolute Gasteiger partial charge is 0.250 e. The third-order valence-electron chi connectivity index (χ3n) is 4.75.